The highest BCUT2D eigenvalue weighted by Gasteiger charge is 2.28. The van der Waals surface area contributed by atoms with Gasteiger partial charge in [0, 0.05) is 23.0 Å². The van der Waals surface area contributed by atoms with E-state index in [0.717, 1.165) is 25.4 Å². The largest absolute Gasteiger partial charge is 0.465 e. The van der Waals surface area contributed by atoms with Gasteiger partial charge in [-0.2, -0.15) is 0 Å². The molecule has 0 fully saturated rings. The molecular weight excluding hydrogens is 376 g/mol. The van der Waals surface area contributed by atoms with Crippen molar-refractivity contribution in [3.8, 4) is 0 Å². The minimum absolute atomic E-state index is 0.0431. The SMILES string of the molecule is COC(=O)C(=CNc1ccc(F)c(F)c1)S(=O)(=O)c1cccc(Cl)c1. The molecule has 2 aromatic carbocycles. The summed E-state index contributed by atoms with van der Waals surface area (Å²) in [5.41, 5.74) is 0.0431. The highest BCUT2D eigenvalue weighted by Crippen LogP contribution is 2.23. The fourth-order valence-corrected chi connectivity index (χ4v) is 3.41. The van der Waals surface area contributed by atoms with Crippen LogP contribution in [-0.4, -0.2) is 21.5 Å². The van der Waals surface area contributed by atoms with Gasteiger partial charge < -0.3 is 10.1 Å². The van der Waals surface area contributed by atoms with Crippen molar-refractivity contribution >= 4 is 33.1 Å². The number of nitrogens with one attached hydrogen (secondary N) is 1. The zero-order valence-corrected chi connectivity index (χ0v) is 14.4. The molecule has 0 atom stereocenters. The van der Waals surface area contributed by atoms with Gasteiger partial charge in [0.15, 0.2) is 16.5 Å². The highest BCUT2D eigenvalue weighted by molar-refractivity contribution is 7.96. The molecule has 0 aromatic heterocycles. The molecule has 0 radical (unpaired) electrons. The molecule has 1 N–H and O–H groups in total. The first-order valence-corrected chi connectivity index (χ1v) is 8.62. The van der Waals surface area contributed by atoms with Crippen molar-refractivity contribution in [3.63, 3.8) is 0 Å². The second-order valence-corrected chi connectivity index (χ2v) is 7.09. The average molecular weight is 388 g/mol. The number of esters is 1. The van der Waals surface area contributed by atoms with Crippen LogP contribution in [0.3, 0.4) is 0 Å². The Labute approximate surface area is 147 Å². The van der Waals surface area contributed by atoms with Gasteiger partial charge in [0.05, 0.1) is 12.0 Å². The van der Waals surface area contributed by atoms with Crippen molar-refractivity contribution in [3.05, 3.63) is 70.2 Å². The molecule has 132 valence electrons. The smallest absolute Gasteiger partial charge is 0.351 e. The number of methoxy groups -OCH3 is 1. The van der Waals surface area contributed by atoms with E-state index in [4.69, 9.17) is 11.6 Å². The van der Waals surface area contributed by atoms with E-state index in [-0.39, 0.29) is 15.6 Å². The van der Waals surface area contributed by atoms with E-state index in [1.807, 2.05) is 0 Å². The maximum Gasteiger partial charge on any atom is 0.351 e. The molecular formula is C16H12ClF2NO4S. The summed E-state index contributed by atoms with van der Waals surface area (Å²) in [6.45, 7) is 0. The molecule has 2 rings (SSSR count). The summed E-state index contributed by atoms with van der Waals surface area (Å²) in [7, 11) is -3.24. The van der Waals surface area contributed by atoms with E-state index < -0.39 is 32.3 Å². The molecule has 0 aliphatic rings. The predicted octanol–water partition coefficient (Wildman–Crippen LogP) is 3.52. The lowest BCUT2D eigenvalue weighted by molar-refractivity contribution is -0.135. The Hall–Kier alpha value is -2.45. The number of carbonyl (C=O) groups excluding carboxylic acids is 1. The second-order valence-electron chi connectivity index (χ2n) is 4.73. The Morgan fingerprint density at radius 3 is 2.48 bits per heavy atom. The summed E-state index contributed by atoms with van der Waals surface area (Å²) < 4.78 is 55.9. The number of carbonyl (C=O) groups is 1. The molecule has 0 aliphatic carbocycles. The molecule has 0 saturated heterocycles. The van der Waals surface area contributed by atoms with Crippen LogP contribution >= 0.6 is 11.6 Å². The summed E-state index contributed by atoms with van der Waals surface area (Å²) in [6, 6.07) is 8.16. The van der Waals surface area contributed by atoms with E-state index in [0.29, 0.717) is 0 Å². The highest BCUT2D eigenvalue weighted by atomic mass is 35.5. The van der Waals surface area contributed by atoms with Crippen molar-refractivity contribution in [2.45, 2.75) is 4.90 Å². The monoisotopic (exact) mass is 387 g/mol. The molecule has 0 unspecified atom stereocenters. The standard InChI is InChI=1S/C16H12ClF2NO4S/c1-24-16(21)15(9-20-11-5-6-13(18)14(19)8-11)25(22,23)12-4-2-3-10(17)7-12/h2-9,20H,1H3. The van der Waals surface area contributed by atoms with Gasteiger partial charge >= 0.3 is 5.97 Å². The van der Waals surface area contributed by atoms with Gasteiger partial charge in [0.25, 0.3) is 0 Å². The predicted molar refractivity (Wildman–Crippen MR) is 88.7 cm³/mol. The van der Waals surface area contributed by atoms with E-state index in [1.165, 1.54) is 30.3 Å². The fourth-order valence-electron chi connectivity index (χ4n) is 1.84. The van der Waals surface area contributed by atoms with Crippen molar-refractivity contribution in [1.82, 2.24) is 0 Å². The van der Waals surface area contributed by atoms with E-state index in [1.54, 1.807) is 0 Å². The molecule has 0 spiro atoms. The van der Waals surface area contributed by atoms with Crippen LogP contribution in [0, 0.1) is 11.6 Å². The molecule has 0 saturated carbocycles. The van der Waals surface area contributed by atoms with Gasteiger partial charge in [-0.15, -0.1) is 0 Å². The Morgan fingerprint density at radius 2 is 1.88 bits per heavy atom. The first-order valence-electron chi connectivity index (χ1n) is 6.76. The third kappa shape index (κ3) is 4.34. The van der Waals surface area contributed by atoms with Gasteiger partial charge in [-0.3, -0.25) is 0 Å². The molecule has 9 heteroatoms. The third-order valence-corrected chi connectivity index (χ3v) is 5.05. The number of hydrogen-bond donors (Lipinski definition) is 1. The number of anilines is 1. The van der Waals surface area contributed by atoms with E-state index >= 15 is 0 Å². The third-order valence-electron chi connectivity index (χ3n) is 3.07. The van der Waals surface area contributed by atoms with E-state index in [9.17, 15) is 22.0 Å². The molecule has 0 bridgehead atoms. The number of benzene rings is 2. The first-order chi connectivity index (χ1) is 11.8. The summed E-state index contributed by atoms with van der Waals surface area (Å²) in [6.07, 6.45) is 0.842. The summed E-state index contributed by atoms with van der Waals surface area (Å²) in [5.74, 6) is -3.32. The number of halogens is 3. The zero-order valence-electron chi connectivity index (χ0n) is 12.8. The number of hydrogen-bond acceptors (Lipinski definition) is 5. The molecule has 0 amide bonds. The molecule has 2 aromatic rings. The number of ether oxygens (including phenoxy) is 1. The van der Waals surface area contributed by atoms with Gasteiger partial charge in [-0.05, 0) is 30.3 Å². The lowest BCUT2D eigenvalue weighted by Crippen LogP contribution is -2.17. The number of sulfone groups is 1. The molecule has 25 heavy (non-hydrogen) atoms. The summed E-state index contributed by atoms with van der Waals surface area (Å²) >= 11 is 5.78. The van der Waals surface area contributed by atoms with Crippen molar-refractivity contribution in [2.24, 2.45) is 0 Å². The van der Waals surface area contributed by atoms with Crippen LogP contribution in [0.15, 0.2) is 58.5 Å². The first kappa shape index (κ1) is 18.9. The molecule has 0 heterocycles. The lowest BCUT2D eigenvalue weighted by atomic mass is 10.3. The van der Waals surface area contributed by atoms with Crippen LogP contribution in [0.1, 0.15) is 0 Å². The van der Waals surface area contributed by atoms with Crippen molar-refractivity contribution in [1.29, 1.82) is 0 Å². The fraction of sp³-hybridized carbons (Fsp3) is 0.0625. The van der Waals surface area contributed by atoms with Crippen LogP contribution < -0.4 is 5.32 Å². The van der Waals surface area contributed by atoms with Gasteiger partial charge in [0.2, 0.25) is 9.84 Å². The molecule has 5 nitrogen and oxygen atoms in total. The van der Waals surface area contributed by atoms with Crippen LogP contribution in [-0.2, 0) is 19.4 Å². The Balaban J connectivity index is 2.45. The van der Waals surface area contributed by atoms with Gasteiger partial charge in [-0.25, -0.2) is 22.0 Å². The van der Waals surface area contributed by atoms with Crippen molar-refractivity contribution in [2.75, 3.05) is 12.4 Å². The van der Waals surface area contributed by atoms with Crippen molar-refractivity contribution < 1.29 is 26.7 Å². The summed E-state index contributed by atoms with van der Waals surface area (Å²) in [4.78, 5) is 10.9. The Kier molecular flexibility index (Phi) is 5.76. The normalized spacial score (nSPS) is 11.9. The minimum atomic E-state index is -4.25. The summed E-state index contributed by atoms with van der Waals surface area (Å²) in [5, 5.41) is 2.60. The van der Waals surface area contributed by atoms with Crippen LogP contribution in [0.25, 0.3) is 0 Å². The minimum Gasteiger partial charge on any atom is -0.465 e. The average Bonchev–Trinajstić information content (AvgIpc) is 2.57. The lowest BCUT2D eigenvalue weighted by Gasteiger charge is -2.09. The zero-order chi connectivity index (χ0) is 18.6. The Bertz CT molecular complexity index is 945. The topological polar surface area (TPSA) is 72.5 Å². The quantitative estimate of drug-likeness (QED) is 0.627. The van der Waals surface area contributed by atoms with Crippen LogP contribution in [0.2, 0.25) is 5.02 Å². The van der Waals surface area contributed by atoms with Gasteiger partial charge in [-0.1, -0.05) is 17.7 Å². The second kappa shape index (κ2) is 7.62. The van der Waals surface area contributed by atoms with E-state index in [2.05, 4.69) is 10.1 Å². The maximum absolute atomic E-state index is 13.2. The number of rotatable bonds is 5. The van der Waals surface area contributed by atoms with Crippen LogP contribution in [0.5, 0.6) is 0 Å². The Morgan fingerprint density at radius 1 is 1.16 bits per heavy atom. The van der Waals surface area contributed by atoms with Gasteiger partial charge in [0.1, 0.15) is 0 Å². The maximum atomic E-state index is 13.2. The van der Waals surface area contributed by atoms with Crippen LogP contribution in [0.4, 0.5) is 14.5 Å². The molecule has 0 aliphatic heterocycles.